The third kappa shape index (κ3) is 7.15. The summed E-state index contributed by atoms with van der Waals surface area (Å²) in [6, 6.07) is 21.6. The molecule has 38 heavy (non-hydrogen) atoms. The molecular formula is C30H35N5O3. The van der Waals surface area contributed by atoms with Gasteiger partial charge in [0, 0.05) is 22.8 Å². The van der Waals surface area contributed by atoms with Gasteiger partial charge >= 0.3 is 0 Å². The number of anilines is 2. The Kier molecular flexibility index (Phi) is 9.92. The normalized spacial score (nSPS) is 12.2. The van der Waals surface area contributed by atoms with Crippen LogP contribution >= 0.6 is 0 Å². The lowest BCUT2D eigenvalue weighted by Gasteiger charge is -2.24. The van der Waals surface area contributed by atoms with Crippen LogP contribution in [0, 0.1) is 6.92 Å². The van der Waals surface area contributed by atoms with Gasteiger partial charge in [-0.25, -0.2) is 4.98 Å². The van der Waals surface area contributed by atoms with Crippen LogP contribution in [0.5, 0.6) is 0 Å². The number of fused-ring (bicyclic) bond motifs is 1. The number of rotatable bonds is 8. The van der Waals surface area contributed by atoms with Gasteiger partial charge in [0.2, 0.25) is 5.91 Å². The van der Waals surface area contributed by atoms with Crippen molar-refractivity contribution >= 4 is 34.1 Å². The van der Waals surface area contributed by atoms with Crippen molar-refractivity contribution in [2.24, 2.45) is 5.73 Å². The molecule has 7 N–H and O–H groups in total. The number of amides is 2. The van der Waals surface area contributed by atoms with Gasteiger partial charge in [0.25, 0.3) is 5.91 Å². The molecule has 0 fully saturated rings. The summed E-state index contributed by atoms with van der Waals surface area (Å²) in [4.78, 5) is 27.3. The van der Waals surface area contributed by atoms with E-state index in [2.05, 4.69) is 28.6 Å². The molecule has 2 atom stereocenters. The number of primary amides is 1. The van der Waals surface area contributed by atoms with Crippen LogP contribution in [0.3, 0.4) is 0 Å². The number of carbonyl (C=O) groups is 2. The number of nitrogens with one attached hydrogen (secondary N) is 2. The summed E-state index contributed by atoms with van der Waals surface area (Å²) < 4.78 is 0. The van der Waals surface area contributed by atoms with E-state index in [-0.39, 0.29) is 5.91 Å². The van der Waals surface area contributed by atoms with Crippen molar-refractivity contribution in [2.75, 3.05) is 17.6 Å². The zero-order valence-electron chi connectivity index (χ0n) is 21.9. The topological polar surface area (TPSA) is 143 Å². The second-order valence-corrected chi connectivity index (χ2v) is 8.87. The Hall–Kier alpha value is -4.27. The van der Waals surface area contributed by atoms with E-state index >= 15 is 0 Å². The first-order chi connectivity index (χ1) is 18.2. The summed E-state index contributed by atoms with van der Waals surface area (Å²) in [5.41, 5.74) is 15.3. The number of aliphatic hydroxyl groups is 1. The second kappa shape index (κ2) is 13.3. The van der Waals surface area contributed by atoms with Gasteiger partial charge in [-0.05, 0) is 78.4 Å². The molecule has 1 heterocycles. The van der Waals surface area contributed by atoms with Crippen molar-refractivity contribution < 1.29 is 14.7 Å². The average molecular weight is 514 g/mol. The standard InChI is InChI=1S/C23H28N4O2.C7H7NO/c1-4-15-6-7-17(12-14(15)3)20(25-5-2)21(28)23(29)27-18-8-9-19-16(13-18)10-11-26-22(19)24;8-7(9)6-4-2-1-3-5-6/h6-13,20-21,25,28H,4-5H2,1-3H3,(H2,24,26)(H,27,29);1-5H,(H2,8,9). The molecule has 0 aliphatic rings. The lowest BCUT2D eigenvalue weighted by atomic mass is 9.95. The van der Waals surface area contributed by atoms with Gasteiger partial charge in [0.15, 0.2) is 6.10 Å². The Balaban J connectivity index is 0.000000375. The van der Waals surface area contributed by atoms with Crippen LogP contribution in [-0.2, 0) is 11.2 Å². The quantitative estimate of drug-likeness (QED) is 0.240. The molecule has 0 aliphatic carbocycles. The fourth-order valence-corrected chi connectivity index (χ4v) is 4.19. The summed E-state index contributed by atoms with van der Waals surface area (Å²) in [5, 5.41) is 18.5. The van der Waals surface area contributed by atoms with E-state index in [4.69, 9.17) is 11.5 Å². The number of aliphatic hydroxyl groups excluding tert-OH is 1. The summed E-state index contributed by atoms with van der Waals surface area (Å²) in [6.07, 6.45) is 1.34. The highest BCUT2D eigenvalue weighted by atomic mass is 16.3. The molecule has 0 saturated heterocycles. The molecule has 2 unspecified atom stereocenters. The molecule has 3 aromatic carbocycles. The number of hydrogen-bond donors (Lipinski definition) is 5. The van der Waals surface area contributed by atoms with Crippen LogP contribution in [0.4, 0.5) is 11.5 Å². The fourth-order valence-electron chi connectivity index (χ4n) is 4.19. The second-order valence-electron chi connectivity index (χ2n) is 8.87. The largest absolute Gasteiger partial charge is 0.383 e. The Labute approximate surface area is 223 Å². The molecule has 0 aliphatic heterocycles. The van der Waals surface area contributed by atoms with E-state index < -0.39 is 18.1 Å². The Morgan fingerprint density at radius 1 is 1.00 bits per heavy atom. The average Bonchev–Trinajstić information content (AvgIpc) is 2.92. The van der Waals surface area contributed by atoms with E-state index in [1.807, 2.05) is 50.2 Å². The van der Waals surface area contributed by atoms with Crippen LogP contribution < -0.4 is 22.1 Å². The summed E-state index contributed by atoms with van der Waals surface area (Å²) in [6.45, 7) is 6.74. The number of carbonyl (C=O) groups excluding carboxylic acids is 2. The zero-order chi connectivity index (χ0) is 27.7. The third-order valence-corrected chi connectivity index (χ3v) is 6.24. The molecular weight excluding hydrogens is 478 g/mol. The van der Waals surface area contributed by atoms with Crippen LogP contribution in [0.1, 0.15) is 46.9 Å². The van der Waals surface area contributed by atoms with Crippen LogP contribution in [0.15, 0.2) is 79.0 Å². The molecule has 0 saturated carbocycles. The molecule has 8 heteroatoms. The SMILES string of the molecule is CCNC(c1ccc(CC)c(C)c1)C(O)C(=O)Nc1ccc2c(N)nccc2c1.NC(=O)c1ccccc1. The van der Waals surface area contributed by atoms with Gasteiger partial charge < -0.3 is 27.2 Å². The predicted molar refractivity (Wildman–Crippen MR) is 153 cm³/mol. The molecule has 4 rings (SSSR count). The molecule has 4 aromatic rings. The van der Waals surface area contributed by atoms with Crippen molar-refractivity contribution in [1.82, 2.24) is 10.3 Å². The Morgan fingerprint density at radius 2 is 1.74 bits per heavy atom. The monoisotopic (exact) mass is 513 g/mol. The highest BCUT2D eigenvalue weighted by molar-refractivity contribution is 5.99. The van der Waals surface area contributed by atoms with Crippen LogP contribution in [0.25, 0.3) is 10.8 Å². The minimum Gasteiger partial charge on any atom is -0.383 e. The van der Waals surface area contributed by atoms with E-state index in [1.165, 1.54) is 5.56 Å². The molecule has 0 spiro atoms. The number of nitrogens with two attached hydrogens (primary N) is 2. The van der Waals surface area contributed by atoms with Gasteiger partial charge in [-0.2, -0.15) is 0 Å². The highest BCUT2D eigenvalue weighted by Crippen LogP contribution is 2.25. The first-order valence-electron chi connectivity index (χ1n) is 12.6. The maximum absolute atomic E-state index is 12.8. The number of hydrogen-bond acceptors (Lipinski definition) is 6. The number of likely N-dealkylation sites (N-methyl/N-ethyl adjacent to an activating group) is 1. The molecule has 2 amide bonds. The number of aryl methyl sites for hydroxylation is 2. The Bertz CT molecular complexity index is 1390. The first-order valence-corrected chi connectivity index (χ1v) is 12.6. The number of aromatic nitrogens is 1. The van der Waals surface area contributed by atoms with Gasteiger partial charge in [-0.1, -0.05) is 50.2 Å². The van der Waals surface area contributed by atoms with Crippen LogP contribution in [0.2, 0.25) is 0 Å². The molecule has 0 radical (unpaired) electrons. The number of nitrogen functional groups attached to an aromatic ring is 1. The highest BCUT2D eigenvalue weighted by Gasteiger charge is 2.27. The minimum atomic E-state index is -1.24. The number of benzene rings is 3. The lowest BCUT2D eigenvalue weighted by molar-refractivity contribution is -0.125. The van der Waals surface area contributed by atoms with Crippen LogP contribution in [-0.4, -0.2) is 34.6 Å². The number of pyridine rings is 1. The summed E-state index contributed by atoms with van der Waals surface area (Å²) >= 11 is 0. The van der Waals surface area contributed by atoms with Gasteiger partial charge in [0.05, 0.1) is 6.04 Å². The summed E-state index contributed by atoms with van der Waals surface area (Å²) in [5.74, 6) is -0.399. The van der Waals surface area contributed by atoms with E-state index in [9.17, 15) is 14.7 Å². The van der Waals surface area contributed by atoms with Gasteiger partial charge in [-0.15, -0.1) is 0 Å². The van der Waals surface area contributed by atoms with Crippen molar-refractivity contribution in [3.63, 3.8) is 0 Å². The minimum absolute atomic E-state index is 0.379. The van der Waals surface area contributed by atoms with E-state index in [0.29, 0.717) is 23.6 Å². The van der Waals surface area contributed by atoms with E-state index in [0.717, 1.165) is 28.3 Å². The van der Waals surface area contributed by atoms with Crippen molar-refractivity contribution in [1.29, 1.82) is 0 Å². The van der Waals surface area contributed by atoms with Crippen molar-refractivity contribution in [2.45, 2.75) is 39.3 Å². The lowest BCUT2D eigenvalue weighted by Crippen LogP contribution is -2.40. The first kappa shape index (κ1) is 28.3. The maximum atomic E-state index is 12.8. The molecule has 0 bridgehead atoms. The third-order valence-electron chi connectivity index (χ3n) is 6.24. The van der Waals surface area contributed by atoms with Crippen molar-refractivity contribution in [3.05, 3.63) is 101 Å². The molecule has 198 valence electrons. The molecule has 1 aromatic heterocycles. The number of nitrogens with zero attached hydrogens (tertiary/aromatic N) is 1. The predicted octanol–water partition coefficient (Wildman–Crippen LogP) is 4.12. The molecule has 8 nitrogen and oxygen atoms in total. The van der Waals surface area contributed by atoms with Crippen molar-refractivity contribution in [3.8, 4) is 0 Å². The maximum Gasteiger partial charge on any atom is 0.255 e. The van der Waals surface area contributed by atoms with E-state index in [1.54, 1.807) is 36.5 Å². The Morgan fingerprint density at radius 3 is 2.34 bits per heavy atom. The zero-order valence-corrected chi connectivity index (χ0v) is 21.9. The van der Waals surface area contributed by atoms with Gasteiger partial charge in [-0.3, -0.25) is 9.59 Å². The van der Waals surface area contributed by atoms with Gasteiger partial charge in [0.1, 0.15) is 5.82 Å². The summed E-state index contributed by atoms with van der Waals surface area (Å²) in [7, 11) is 0. The smallest absolute Gasteiger partial charge is 0.255 e. The fraction of sp³-hybridized carbons (Fsp3) is 0.233.